The Labute approximate surface area is 147 Å². The topological polar surface area (TPSA) is 53.0 Å². The predicted molar refractivity (Wildman–Crippen MR) is 91.9 cm³/mol. The van der Waals surface area contributed by atoms with Crippen LogP contribution in [0, 0.1) is 0 Å². The number of halogens is 2. The number of hydrogen-bond acceptors (Lipinski definition) is 4. The van der Waals surface area contributed by atoms with Crippen molar-refractivity contribution in [3.8, 4) is 5.75 Å². The number of nitrogens with zero attached hydrogens (tertiary/aromatic N) is 2. The van der Waals surface area contributed by atoms with Gasteiger partial charge in [-0.25, -0.2) is 0 Å². The Morgan fingerprint density at radius 3 is 2.59 bits per heavy atom. The Bertz CT molecular complexity index is 517. The third-order valence-corrected chi connectivity index (χ3v) is 4.87. The molecule has 1 N–H and O–H groups in total. The van der Waals surface area contributed by atoms with Crippen molar-refractivity contribution in [3.05, 3.63) is 26.6 Å². The first-order valence-corrected chi connectivity index (χ1v) is 8.76. The highest BCUT2D eigenvalue weighted by atomic mass is 79.9. The molecule has 0 aliphatic carbocycles. The fourth-order valence-electron chi connectivity index (χ4n) is 2.52. The highest BCUT2D eigenvalue weighted by molar-refractivity contribution is 9.11. The average molecular weight is 436 g/mol. The molecule has 1 heterocycles. The average Bonchev–Trinajstić information content (AvgIpc) is 2.64. The molecule has 5 nitrogen and oxygen atoms in total. The monoisotopic (exact) mass is 434 g/mol. The molecule has 122 valence electrons. The van der Waals surface area contributed by atoms with Crippen molar-refractivity contribution in [1.82, 2.24) is 9.80 Å². The molecule has 1 fully saturated rings. The van der Waals surface area contributed by atoms with Gasteiger partial charge in [0.05, 0.1) is 22.1 Å². The fraction of sp³-hybridized carbons (Fsp3) is 0.533. The summed E-state index contributed by atoms with van der Waals surface area (Å²) in [5.41, 5.74) is 1.05. The molecule has 1 saturated heterocycles. The van der Waals surface area contributed by atoms with Crippen LogP contribution in [0.2, 0.25) is 0 Å². The number of carbonyl (C=O) groups excluding carboxylic acids is 1. The fourth-order valence-corrected chi connectivity index (χ4v) is 3.80. The molecule has 0 bridgehead atoms. The molecule has 0 aromatic heterocycles. The van der Waals surface area contributed by atoms with E-state index in [1.807, 2.05) is 17.0 Å². The number of ether oxygens (including phenoxy) is 1. The molecule has 22 heavy (non-hydrogen) atoms. The second-order valence-corrected chi connectivity index (χ2v) is 7.05. The Hall–Kier alpha value is -0.630. The standard InChI is InChI=1S/C15H20Br2N2O3/c1-22-6-5-19-4-2-3-18(10-14(19)20)9-11-7-12(16)15(21)13(17)8-11/h7-8,21H,2-6,9-10H2,1H3. The molecule has 1 aromatic rings. The van der Waals surface area contributed by atoms with Crippen molar-refractivity contribution in [1.29, 1.82) is 0 Å². The second-order valence-electron chi connectivity index (χ2n) is 5.35. The van der Waals surface area contributed by atoms with E-state index in [9.17, 15) is 9.90 Å². The lowest BCUT2D eigenvalue weighted by molar-refractivity contribution is -0.131. The minimum Gasteiger partial charge on any atom is -0.506 e. The molecule has 1 amide bonds. The van der Waals surface area contributed by atoms with E-state index in [1.54, 1.807) is 7.11 Å². The van der Waals surface area contributed by atoms with E-state index >= 15 is 0 Å². The summed E-state index contributed by atoms with van der Waals surface area (Å²) in [7, 11) is 1.65. The van der Waals surface area contributed by atoms with E-state index in [0.717, 1.165) is 25.1 Å². The lowest BCUT2D eigenvalue weighted by Crippen LogP contribution is -2.38. The van der Waals surface area contributed by atoms with Gasteiger partial charge in [0.25, 0.3) is 0 Å². The number of rotatable bonds is 5. The van der Waals surface area contributed by atoms with E-state index in [0.29, 0.717) is 35.2 Å². The molecule has 7 heteroatoms. The second kappa shape index (κ2) is 8.29. The van der Waals surface area contributed by atoms with Crippen LogP contribution >= 0.6 is 31.9 Å². The summed E-state index contributed by atoms with van der Waals surface area (Å²) in [6.45, 7) is 3.98. The first-order valence-electron chi connectivity index (χ1n) is 7.17. The van der Waals surface area contributed by atoms with Gasteiger partial charge in [-0.15, -0.1) is 0 Å². The van der Waals surface area contributed by atoms with Crippen LogP contribution in [0.25, 0.3) is 0 Å². The van der Waals surface area contributed by atoms with E-state index in [2.05, 4.69) is 36.8 Å². The summed E-state index contributed by atoms with van der Waals surface area (Å²) in [5, 5.41) is 9.76. The number of aromatic hydroxyl groups is 1. The Kier molecular flexibility index (Phi) is 6.67. The lowest BCUT2D eigenvalue weighted by atomic mass is 10.2. The van der Waals surface area contributed by atoms with Crippen LogP contribution in [0.1, 0.15) is 12.0 Å². The molecule has 0 spiro atoms. The maximum atomic E-state index is 12.3. The summed E-state index contributed by atoms with van der Waals surface area (Å²) in [4.78, 5) is 16.3. The Morgan fingerprint density at radius 2 is 1.95 bits per heavy atom. The van der Waals surface area contributed by atoms with Gasteiger partial charge in [0.15, 0.2) is 0 Å². The zero-order valence-corrected chi connectivity index (χ0v) is 15.7. The highest BCUT2D eigenvalue weighted by Crippen LogP contribution is 2.33. The van der Waals surface area contributed by atoms with Gasteiger partial charge < -0.3 is 14.7 Å². The molecule has 0 radical (unpaired) electrons. The Morgan fingerprint density at radius 1 is 1.27 bits per heavy atom. The number of benzene rings is 1. The molecular formula is C15H20Br2N2O3. The number of phenols is 1. The minimum absolute atomic E-state index is 0.145. The molecule has 0 atom stereocenters. The highest BCUT2D eigenvalue weighted by Gasteiger charge is 2.21. The third-order valence-electron chi connectivity index (χ3n) is 3.66. The number of phenolic OH excluding ortho intramolecular Hbond substituents is 1. The van der Waals surface area contributed by atoms with Crippen molar-refractivity contribution in [2.75, 3.05) is 39.9 Å². The van der Waals surface area contributed by atoms with Gasteiger partial charge in [0.1, 0.15) is 5.75 Å². The quantitative estimate of drug-likeness (QED) is 0.772. The molecule has 0 saturated carbocycles. The van der Waals surface area contributed by atoms with Crippen LogP contribution in [0.4, 0.5) is 0 Å². The lowest BCUT2D eigenvalue weighted by Gasteiger charge is -2.21. The molecule has 2 rings (SSSR count). The van der Waals surface area contributed by atoms with Crippen molar-refractivity contribution in [2.24, 2.45) is 0 Å². The molecule has 1 aromatic carbocycles. The SMILES string of the molecule is COCCN1CCCN(Cc2cc(Br)c(O)c(Br)c2)CC1=O. The van der Waals surface area contributed by atoms with Crippen LogP contribution in [0.15, 0.2) is 21.1 Å². The molecule has 1 aliphatic rings. The van der Waals surface area contributed by atoms with Crippen molar-refractivity contribution in [3.63, 3.8) is 0 Å². The predicted octanol–water partition coefficient (Wildman–Crippen LogP) is 2.60. The first kappa shape index (κ1) is 17.7. The van der Waals surface area contributed by atoms with Gasteiger partial charge in [-0.3, -0.25) is 9.69 Å². The first-order chi connectivity index (χ1) is 10.5. The summed E-state index contributed by atoms with van der Waals surface area (Å²) in [5.74, 6) is 0.341. The summed E-state index contributed by atoms with van der Waals surface area (Å²) in [6, 6.07) is 3.77. The van der Waals surface area contributed by atoms with Crippen molar-refractivity contribution in [2.45, 2.75) is 13.0 Å². The van der Waals surface area contributed by atoms with Gasteiger partial charge in [-0.05, 0) is 56.0 Å². The van der Waals surface area contributed by atoms with Crippen LogP contribution in [0.5, 0.6) is 5.75 Å². The van der Waals surface area contributed by atoms with Crippen molar-refractivity contribution < 1.29 is 14.6 Å². The zero-order chi connectivity index (χ0) is 16.1. The summed E-state index contributed by atoms with van der Waals surface area (Å²) < 4.78 is 6.36. The number of carbonyl (C=O) groups is 1. The van der Waals surface area contributed by atoms with Crippen LogP contribution in [0.3, 0.4) is 0 Å². The smallest absolute Gasteiger partial charge is 0.236 e. The molecule has 1 aliphatic heterocycles. The van der Waals surface area contributed by atoms with Crippen LogP contribution in [-0.2, 0) is 16.1 Å². The normalized spacial score (nSPS) is 16.9. The van der Waals surface area contributed by atoms with E-state index in [-0.39, 0.29) is 11.7 Å². The minimum atomic E-state index is 0.145. The largest absolute Gasteiger partial charge is 0.506 e. The van der Waals surface area contributed by atoms with Crippen LogP contribution in [-0.4, -0.2) is 60.7 Å². The van der Waals surface area contributed by atoms with Gasteiger partial charge >= 0.3 is 0 Å². The van der Waals surface area contributed by atoms with Crippen molar-refractivity contribution >= 4 is 37.8 Å². The van der Waals surface area contributed by atoms with Gasteiger partial charge in [-0.1, -0.05) is 0 Å². The number of amides is 1. The van der Waals surface area contributed by atoms with Crippen LogP contribution < -0.4 is 0 Å². The van der Waals surface area contributed by atoms with Gasteiger partial charge in [0.2, 0.25) is 5.91 Å². The summed E-state index contributed by atoms with van der Waals surface area (Å²) in [6.07, 6.45) is 0.954. The maximum absolute atomic E-state index is 12.3. The number of methoxy groups -OCH3 is 1. The zero-order valence-electron chi connectivity index (χ0n) is 12.5. The maximum Gasteiger partial charge on any atom is 0.236 e. The van der Waals surface area contributed by atoms with Gasteiger partial charge in [-0.2, -0.15) is 0 Å². The molecular weight excluding hydrogens is 416 g/mol. The Balaban J connectivity index is 2.00. The molecule has 0 unspecified atom stereocenters. The van der Waals surface area contributed by atoms with E-state index in [1.165, 1.54) is 0 Å². The third kappa shape index (κ3) is 4.68. The number of hydrogen-bond donors (Lipinski definition) is 1. The van der Waals surface area contributed by atoms with E-state index < -0.39 is 0 Å². The van der Waals surface area contributed by atoms with Gasteiger partial charge in [0, 0.05) is 33.3 Å². The summed E-state index contributed by atoms with van der Waals surface area (Å²) >= 11 is 6.68. The van der Waals surface area contributed by atoms with E-state index in [4.69, 9.17) is 4.74 Å².